The number of halogens is 3. The lowest BCUT2D eigenvalue weighted by Crippen LogP contribution is -2.65. The average Bonchev–Trinajstić information content (AvgIpc) is 2.99. The van der Waals surface area contributed by atoms with Crippen LogP contribution >= 0.6 is 48.2 Å². The zero-order chi connectivity index (χ0) is 20.3. The van der Waals surface area contributed by atoms with Crippen molar-refractivity contribution >= 4 is 54.1 Å². The van der Waals surface area contributed by atoms with Crippen molar-refractivity contribution in [2.75, 3.05) is 19.8 Å². The highest BCUT2D eigenvalue weighted by Crippen LogP contribution is 2.31. The van der Waals surface area contributed by atoms with Gasteiger partial charge in [-0.25, -0.2) is 0 Å². The van der Waals surface area contributed by atoms with E-state index in [2.05, 4.69) is 12.2 Å². The summed E-state index contributed by atoms with van der Waals surface area (Å²) in [5, 5.41) is 33.0. The smallest absolute Gasteiger partial charge is 0.237 e. The molecule has 2 heterocycles. The number of alkyl halides is 1. The van der Waals surface area contributed by atoms with Gasteiger partial charge in [0.2, 0.25) is 5.91 Å². The summed E-state index contributed by atoms with van der Waals surface area (Å²) in [5.41, 5.74) is -0.702. The molecule has 2 saturated heterocycles. The first-order valence-electron chi connectivity index (χ1n) is 9.58. The standard InChI is InChI=1S/C18H33ClN2O5S.2ClH/c1-5-6-10-7-11(21(3)8-10)17(25)20-12(9(2)19)16-14(23)13(22)15(24)18(26-16)27-4;;/h9-16,18,22-24H,5-8H2,1-4H3,(H,20,25);2*1H/t9-,10+,11-,12+,13-,14+,15+,16+,18+;;/m0../s1. The second kappa shape index (κ2) is 13.1. The van der Waals surface area contributed by atoms with Gasteiger partial charge in [0.1, 0.15) is 29.9 Å². The summed E-state index contributed by atoms with van der Waals surface area (Å²) in [5.74, 6) is 0.350. The summed E-state index contributed by atoms with van der Waals surface area (Å²) in [6.45, 7) is 4.74. The molecular formula is C18H35Cl3N2O5S. The number of likely N-dealkylation sites (tertiary alicyclic amines) is 1. The number of nitrogens with one attached hydrogen (secondary N) is 1. The summed E-state index contributed by atoms with van der Waals surface area (Å²) in [7, 11) is 1.94. The molecule has 2 aliphatic heterocycles. The second-order valence-electron chi connectivity index (χ2n) is 7.73. The molecule has 0 spiro atoms. The molecule has 0 aromatic heterocycles. The zero-order valence-electron chi connectivity index (χ0n) is 17.2. The molecule has 0 aliphatic carbocycles. The summed E-state index contributed by atoms with van der Waals surface area (Å²) in [6, 6.07) is -0.934. The molecule has 4 N–H and O–H groups in total. The Labute approximate surface area is 195 Å². The van der Waals surface area contributed by atoms with Crippen molar-refractivity contribution in [2.24, 2.45) is 5.92 Å². The minimum atomic E-state index is -1.36. The van der Waals surface area contributed by atoms with E-state index in [1.807, 2.05) is 11.9 Å². The van der Waals surface area contributed by atoms with Crippen LogP contribution in [0.5, 0.6) is 0 Å². The molecule has 2 aliphatic rings. The molecule has 2 fully saturated rings. The third kappa shape index (κ3) is 6.99. The minimum absolute atomic E-state index is 0. The van der Waals surface area contributed by atoms with Crippen LogP contribution < -0.4 is 5.32 Å². The zero-order valence-corrected chi connectivity index (χ0v) is 20.4. The second-order valence-corrected chi connectivity index (χ2v) is 9.36. The number of thioether (sulfide) groups is 1. The number of amides is 1. The Balaban J connectivity index is 0.00000392. The molecule has 0 aromatic carbocycles. The number of rotatable bonds is 7. The molecule has 0 unspecified atom stereocenters. The lowest BCUT2D eigenvalue weighted by Gasteiger charge is -2.44. The van der Waals surface area contributed by atoms with Crippen molar-refractivity contribution in [3.8, 4) is 0 Å². The van der Waals surface area contributed by atoms with Crippen LogP contribution in [0.4, 0.5) is 0 Å². The predicted octanol–water partition coefficient (Wildman–Crippen LogP) is 1.23. The highest BCUT2D eigenvalue weighted by molar-refractivity contribution is 7.99. The Morgan fingerprint density at radius 2 is 1.90 bits per heavy atom. The molecule has 0 radical (unpaired) electrons. The van der Waals surface area contributed by atoms with Gasteiger partial charge in [-0.05, 0) is 39.0 Å². The van der Waals surface area contributed by atoms with Crippen molar-refractivity contribution in [2.45, 2.75) is 80.4 Å². The lowest BCUT2D eigenvalue weighted by molar-refractivity contribution is -0.205. The van der Waals surface area contributed by atoms with E-state index >= 15 is 0 Å². The fourth-order valence-corrected chi connectivity index (χ4v) is 5.00. The molecule has 9 atom stereocenters. The van der Waals surface area contributed by atoms with Gasteiger partial charge in [-0.15, -0.1) is 48.2 Å². The topological polar surface area (TPSA) is 102 Å². The van der Waals surface area contributed by atoms with Gasteiger partial charge in [0, 0.05) is 6.54 Å². The predicted molar refractivity (Wildman–Crippen MR) is 121 cm³/mol. The molecule has 11 heteroatoms. The average molecular weight is 498 g/mol. The van der Waals surface area contributed by atoms with Gasteiger partial charge in [0.05, 0.1) is 17.5 Å². The van der Waals surface area contributed by atoms with Gasteiger partial charge >= 0.3 is 0 Å². The molecule has 7 nitrogen and oxygen atoms in total. The van der Waals surface area contributed by atoms with Crippen molar-refractivity contribution in [1.29, 1.82) is 0 Å². The van der Waals surface area contributed by atoms with Crippen molar-refractivity contribution < 1.29 is 24.9 Å². The quantitative estimate of drug-likeness (QED) is 0.392. The number of ether oxygens (including phenoxy) is 1. The van der Waals surface area contributed by atoms with E-state index < -0.39 is 41.3 Å². The SMILES string of the molecule is CCC[C@@H]1C[C@@H](C(=O)N[C@@H]([C@H]2O[C@H](SC)[C@H](O)[C@@H](O)[C@H]2O)[C@H](C)Cl)N(C)C1.Cl.Cl. The Morgan fingerprint density at radius 3 is 2.41 bits per heavy atom. The first-order chi connectivity index (χ1) is 12.7. The minimum Gasteiger partial charge on any atom is -0.388 e. The molecule has 174 valence electrons. The van der Waals surface area contributed by atoms with Crippen LogP contribution in [0.1, 0.15) is 33.1 Å². The number of hydrogen-bond donors (Lipinski definition) is 4. The third-order valence-corrected chi connectivity index (χ3v) is 6.76. The molecule has 0 saturated carbocycles. The van der Waals surface area contributed by atoms with Gasteiger partial charge in [0.15, 0.2) is 0 Å². The number of carbonyl (C=O) groups excluding carboxylic acids is 1. The van der Waals surface area contributed by atoms with E-state index in [4.69, 9.17) is 16.3 Å². The Hall–Kier alpha value is 0.490. The van der Waals surface area contributed by atoms with Crippen molar-refractivity contribution in [1.82, 2.24) is 10.2 Å². The summed E-state index contributed by atoms with van der Waals surface area (Å²) < 4.78 is 5.79. The fourth-order valence-electron chi connectivity index (χ4n) is 4.11. The lowest BCUT2D eigenvalue weighted by atomic mass is 9.92. The highest BCUT2D eigenvalue weighted by atomic mass is 35.5. The monoisotopic (exact) mass is 496 g/mol. The molecule has 29 heavy (non-hydrogen) atoms. The van der Waals surface area contributed by atoms with Gasteiger partial charge < -0.3 is 25.4 Å². The van der Waals surface area contributed by atoms with Gasteiger partial charge in [-0.2, -0.15) is 0 Å². The largest absolute Gasteiger partial charge is 0.388 e. The van der Waals surface area contributed by atoms with E-state index in [1.54, 1.807) is 13.2 Å². The van der Waals surface area contributed by atoms with Crippen LogP contribution in [0, 0.1) is 5.92 Å². The van der Waals surface area contributed by atoms with E-state index in [0.29, 0.717) is 5.92 Å². The summed E-state index contributed by atoms with van der Waals surface area (Å²) in [4.78, 5) is 14.9. The Bertz CT molecular complexity index is 506. The van der Waals surface area contributed by atoms with Crippen LogP contribution in [0.3, 0.4) is 0 Å². The van der Waals surface area contributed by atoms with Crippen LogP contribution in [0.15, 0.2) is 0 Å². The van der Waals surface area contributed by atoms with Crippen molar-refractivity contribution in [3.63, 3.8) is 0 Å². The normalized spacial score (nSPS) is 37.2. The van der Waals surface area contributed by atoms with Crippen LogP contribution in [-0.4, -0.2) is 93.3 Å². The number of nitrogens with zero attached hydrogens (tertiary/aromatic N) is 1. The first-order valence-corrected chi connectivity index (χ1v) is 11.3. The molecule has 2 rings (SSSR count). The fraction of sp³-hybridized carbons (Fsp3) is 0.944. The third-order valence-electron chi connectivity index (χ3n) is 5.63. The molecule has 1 amide bonds. The van der Waals surface area contributed by atoms with E-state index in [9.17, 15) is 20.1 Å². The Morgan fingerprint density at radius 1 is 1.28 bits per heavy atom. The maximum atomic E-state index is 12.9. The molecule has 0 bridgehead atoms. The van der Waals surface area contributed by atoms with Crippen LogP contribution in [0.2, 0.25) is 0 Å². The van der Waals surface area contributed by atoms with E-state index in [1.165, 1.54) is 11.8 Å². The number of likely N-dealkylation sites (N-methyl/N-ethyl adjacent to an activating group) is 1. The maximum absolute atomic E-state index is 12.9. The number of aliphatic hydroxyl groups is 3. The van der Waals surface area contributed by atoms with Gasteiger partial charge in [-0.1, -0.05) is 13.3 Å². The van der Waals surface area contributed by atoms with Gasteiger partial charge in [-0.3, -0.25) is 9.69 Å². The number of carbonyl (C=O) groups is 1. The Kier molecular flexibility index (Phi) is 13.4. The van der Waals surface area contributed by atoms with Crippen molar-refractivity contribution in [3.05, 3.63) is 0 Å². The van der Waals surface area contributed by atoms with Crippen LogP contribution in [0.25, 0.3) is 0 Å². The van der Waals surface area contributed by atoms with Crippen LogP contribution in [-0.2, 0) is 9.53 Å². The maximum Gasteiger partial charge on any atom is 0.237 e. The highest BCUT2D eigenvalue weighted by Gasteiger charge is 2.48. The first kappa shape index (κ1) is 29.5. The number of hydrogen-bond acceptors (Lipinski definition) is 7. The van der Waals surface area contributed by atoms with E-state index in [-0.39, 0.29) is 36.8 Å². The van der Waals surface area contributed by atoms with E-state index in [0.717, 1.165) is 25.8 Å². The molecular weight excluding hydrogens is 463 g/mol. The molecule has 0 aromatic rings. The van der Waals surface area contributed by atoms with Gasteiger partial charge in [0.25, 0.3) is 0 Å². The summed E-state index contributed by atoms with van der Waals surface area (Å²) in [6.07, 6.45) is -0.0980. The summed E-state index contributed by atoms with van der Waals surface area (Å²) >= 11 is 7.55. The number of aliphatic hydroxyl groups excluding tert-OH is 3.